The lowest BCUT2D eigenvalue weighted by Gasteiger charge is -2.13. The van der Waals surface area contributed by atoms with Crippen molar-refractivity contribution in [3.63, 3.8) is 0 Å². The first-order valence-electron chi connectivity index (χ1n) is 6.79. The molecule has 0 spiro atoms. The fourth-order valence-electron chi connectivity index (χ4n) is 2.04. The van der Waals surface area contributed by atoms with Crippen molar-refractivity contribution >= 4 is 0 Å². The van der Waals surface area contributed by atoms with E-state index < -0.39 is 0 Å². The van der Waals surface area contributed by atoms with E-state index in [2.05, 4.69) is 36.5 Å². The van der Waals surface area contributed by atoms with Crippen LogP contribution in [0.15, 0.2) is 54.6 Å². The molecule has 2 nitrogen and oxygen atoms in total. The molecule has 1 unspecified atom stereocenters. The Morgan fingerprint density at radius 1 is 0.947 bits per heavy atom. The summed E-state index contributed by atoms with van der Waals surface area (Å²) >= 11 is 0. The Morgan fingerprint density at radius 2 is 1.63 bits per heavy atom. The first-order chi connectivity index (χ1) is 9.24. The molecule has 0 fully saturated rings. The molecule has 2 N–H and O–H groups in total. The van der Waals surface area contributed by atoms with Gasteiger partial charge in [-0.05, 0) is 43.0 Å². The molecule has 0 aliphatic carbocycles. The van der Waals surface area contributed by atoms with Gasteiger partial charge in [0.2, 0.25) is 0 Å². The molecule has 0 aliphatic rings. The minimum absolute atomic E-state index is 0.332. The van der Waals surface area contributed by atoms with E-state index in [1.807, 2.05) is 18.2 Å². The number of phenols is 1. The minimum atomic E-state index is 0.332. The summed E-state index contributed by atoms with van der Waals surface area (Å²) < 4.78 is 0. The number of aryl methyl sites for hydroxylation is 1. The summed E-state index contributed by atoms with van der Waals surface area (Å²) in [4.78, 5) is 0. The summed E-state index contributed by atoms with van der Waals surface area (Å²) in [5.41, 5.74) is 2.59. The summed E-state index contributed by atoms with van der Waals surface area (Å²) in [6, 6.07) is 18.4. The largest absolute Gasteiger partial charge is 0.508 e. The average Bonchev–Trinajstić information content (AvgIpc) is 2.45. The third-order valence-corrected chi connectivity index (χ3v) is 3.30. The smallest absolute Gasteiger partial charge is 0.115 e. The highest BCUT2D eigenvalue weighted by molar-refractivity contribution is 5.25. The van der Waals surface area contributed by atoms with E-state index in [0.29, 0.717) is 11.8 Å². The molecule has 2 aromatic carbocycles. The molecule has 2 rings (SSSR count). The maximum Gasteiger partial charge on any atom is 0.115 e. The highest BCUT2D eigenvalue weighted by Crippen LogP contribution is 2.12. The normalized spacial score (nSPS) is 12.3. The number of nitrogens with one attached hydrogen (secondary N) is 1. The number of benzene rings is 2. The van der Waals surface area contributed by atoms with Crippen molar-refractivity contribution in [3.8, 4) is 5.75 Å². The molecule has 100 valence electrons. The zero-order valence-corrected chi connectivity index (χ0v) is 11.3. The van der Waals surface area contributed by atoms with Crippen LogP contribution in [0.2, 0.25) is 0 Å². The number of rotatable bonds is 6. The van der Waals surface area contributed by atoms with Gasteiger partial charge in [-0.1, -0.05) is 42.5 Å². The van der Waals surface area contributed by atoms with Crippen molar-refractivity contribution in [3.05, 3.63) is 65.7 Å². The Hall–Kier alpha value is -1.80. The Labute approximate surface area is 115 Å². The standard InChI is InChI=1S/C17H21NO/c1-14(18-13-16-5-3-2-4-6-16)7-8-15-9-11-17(19)12-10-15/h2-6,9-12,14,18-19H,7-8,13H2,1H3. The van der Waals surface area contributed by atoms with Crippen LogP contribution in [0.3, 0.4) is 0 Å². The lowest BCUT2D eigenvalue weighted by Crippen LogP contribution is -2.25. The maximum absolute atomic E-state index is 9.23. The summed E-state index contributed by atoms with van der Waals surface area (Å²) in [7, 11) is 0. The van der Waals surface area contributed by atoms with Gasteiger partial charge in [0.05, 0.1) is 0 Å². The predicted octanol–water partition coefficient (Wildman–Crippen LogP) is 3.50. The van der Waals surface area contributed by atoms with Crippen LogP contribution >= 0.6 is 0 Å². The van der Waals surface area contributed by atoms with Crippen LogP contribution in [-0.4, -0.2) is 11.1 Å². The van der Waals surface area contributed by atoms with Gasteiger partial charge in [0.25, 0.3) is 0 Å². The van der Waals surface area contributed by atoms with Gasteiger partial charge in [-0.3, -0.25) is 0 Å². The van der Waals surface area contributed by atoms with E-state index in [4.69, 9.17) is 0 Å². The van der Waals surface area contributed by atoms with Crippen molar-refractivity contribution in [1.82, 2.24) is 5.32 Å². The fourth-order valence-corrected chi connectivity index (χ4v) is 2.04. The second-order valence-corrected chi connectivity index (χ2v) is 4.97. The van der Waals surface area contributed by atoms with Crippen molar-refractivity contribution in [2.24, 2.45) is 0 Å². The number of phenolic OH excluding ortho intramolecular Hbond substituents is 1. The van der Waals surface area contributed by atoms with Gasteiger partial charge < -0.3 is 10.4 Å². The van der Waals surface area contributed by atoms with Crippen LogP contribution < -0.4 is 5.32 Å². The van der Waals surface area contributed by atoms with E-state index in [-0.39, 0.29) is 0 Å². The quantitative estimate of drug-likeness (QED) is 0.828. The van der Waals surface area contributed by atoms with Gasteiger partial charge in [-0.25, -0.2) is 0 Å². The topological polar surface area (TPSA) is 32.3 Å². The van der Waals surface area contributed by atoms with Gasteiger partial charge >= 0.3 is 0 Å². The van der Waals surface area contributed by atoms with Crippen LogP contribution in [0.25, 0.3) is 0 Å². The lowest BCUT2D eigenvalue weighted by molar-refractivity contribution is 0.474. The Morgan fingerprint density at radius 3 is 2.32 bits per heavy atom. The second-order valence-electron chi connectivity index (χ2n) is 4.97. The number of aromatic hydroxyl groups is 1. The molecular formula is C17H21NO. The molecule has 2 heteroatoms. The number of hydrogen-bond acceptors (Lipinski definition) is 2. The zero-order valence-electron chi connectivity index (χ0n) is 11.3. The third kappa shape index (κ3) is 4.76. The Kier molecular flexibility index (Phi) is 4.99. The summed E-state index contributed by atoms with van der Waals surface area (Å²) in [5, 5.41) is 12.8. The monoisotopic (exact) mass is 255 g/mol. The second kappa shape index (κ2) is 6.95. The summed E-state index contributed by atoms with van der Waals surface area (Å²) in [6.07, 6.45) is 2.13. The summed E-state index contributed by atoms with van der Waals surface area (Å²) in [6.45, 7) is 3.13. The first-order valence-corrected chi connectivity index (χ1v) is 6.79. The van der Waals surface area contributed by atoms with E-state index in [0.717, 1.165) is 19.4 Å². The van der Waals surface area contributed by atoms with Crippen LogP contribution in [0.1, 0.15) is 24.5 Å². The Balaban J connectivity index is 1.72. The van der Waals surface area contributed by atoms with Gasteiger partial charge in [0.1, 0.15) is 5.75 Å². The van der Waals surface area contributed by atoms with Crippen LogP contribution in [-0.2, 0) is 13.0 Å². The van der Waals surface area contributed by atoms with Crippen LogP contribution in [0.4, 0.5) is 0 Å². The molecule has 19 heavy (non-hydrogen) atoms. The van der Waals surface area contributed by atoms with E-state index >= 15 is 0 Å². The fraction of sp³-hybridized carbons (Fsp3) is 0.294. The van der Waals surface area contributed by atoms with Crippen LogP contribution in [0, 0.1) is 0 Å². The van der Waals surface area contributed by atoms with E-state index in [9.17, 15) is 5.11 Å². The van der Waals surface area contributed by atoms with Gasteiger partial charge in [0, 0.05) is 12.6 Å². The molecule has 0 heterocycles. The minimum Gasteiger partial charge on any atom is -0.508 e. The van der Waals surface area contributed by atoms with Gasteiger partial charge in [0.15, 0.2) is 0 Å². The number of hydrogen-bond donors (Lipinski definition) is 2. The Bertz CT molecular complexity index is 478. The van der Waals surface area contributed by atoms with Crippen molar-refractivity contribution in [1.29, 1.82) is 0 Å². The van der Waals surface area contributed by atoms with Crippen LogP contribution in [0.5, 0.6) is 5.75 Å². The SMILES string of the molecule is CC(CCc1ccc(O)cc1)NCc1ccccc1. The average molecular weight is 255 g/mol. The molecule has 0 saturated carbocycles. The molecule has 0 aromatic heterocycles. The van der Waals surface area contributed by atoms with Crippen molar-refractivity contribution in [2.45, 2.75) is 32.4 Å². The highest BCUT2D eigenvalue weighted by atomic mass is 16.3. The van der Waals surface area contributed by atoms with Crippen molar-refractivity contribution in [2.75, 3.05) is 0 Å². The lowest BCUT2D eigenvalue weighted by atomic mass is 10.1. The molecule has 1 atom stereocenters. The van der Waals surface area contributed by atoms with Crippen molar-refractivity contribution < 1.29 is 5.11 Å². The predicted molar refractivity (Wildman–Crippen MR) is 79.2 cm³/mol. The molecular weight excluding hydrogens is 234 g/mol. The molecule has 0 radical (unpaired) electrons. The third-order valence-electron chi connectivity index (χ3n) is 3.30. The molecule has 0 saturated heterocycles. The molecule has 0 amide bonds. The summed E-state index contributed by atoms with van der Waals surface area (Å²) in [5.74, 6) is 0.332. The maximum atomic E-state index is 9.23. The molecule has 2 aromatic rings. The first kappa shape index (κ1) is 13.6. The molecule has 0 aliphatic heterocycles. The zero-order chi connectivity index (χ0) is 13.5. The van der Waals surface area contributed by atoms with Gasteiger partial charge in [-0.2, -0.15) is 0 Å². The van der Waals surface area contributed by atoms with Gasteiger partial charge in [-0.15, -0.1) is 0 Å². The highest BCUT2D eigenvalue weighted by Gasteiger charge is 2.02. The van der Waals surface area contributed by atoms with E-state index in [1.165, 1.54) is 11.1 Å². The molecule has 0 bridgehead atoms. The van der Waals surface area contributed by atoms with E-state index in [1.54, 1.807) is 12.1 Å².